The maximum absolute atomic E-state index is 12.9. The Morgan fingerprint density at radius 1 is 1.47 bits per heavy atom. The number of ether oxygens (including phenoxy) is 1. The fourth-order valence-electron chi connectivity index (χ4n) is 1.10. The number of carbonyl (C=O) groups is 1. The molecule has 1 aromatic rings. The maximum Gasteiger partial charge on any atom is 0.322 e. The van der Waals surface area contributed by atoms with Crippen molar-refractivity contribution in [1.82, 2.24) is 0 Å². The van der Waals surface area contributed by atoms with E-state index >= 15 is 0 Å². The molecular formula is C9H11FN2O4S. The lowest BCUT2D eigenvalue weighted by Gasteiger charge is -2.07. The van der Waals surface area contributed by atoms with E-state index in [1.807, 2.05) is 4.72 Å². The van der Waals surface area contributed by atoms with Crippen molar-refractivity contribution in [3.8, 4) is 0 Å². The van der Waals surface area contributed by atoms with E-state index in [1.165, 1.54) is 6.07 Å². The Kier molecular flexibility index (Phi) is 3.89. The lowest BCUT2D eigenvalue weighted by atomic mass is 10.3. The van der Waals surface area contributed by atoms with E-state index in [0.717, 1.165) is 19.2 Å². The number of nitrogens with one attached hydrogen (secondary N) is 1. The summed E-state index contributed by atoms with van der Waals surface area (Å²) in [7, 11) is -2.86. The number of nitrogen functional groups attached to an aromatic ring is 1. The van der Waals surface area contributed by atoms with Gasteiger partial charge in [0.05, 0.1) is 12.8 Å². The highest BCUT2D eigenvalue weighted by Gasteiger charge is 2.17. The Morgan fingerprint density at radius 3 is 2.65 bits per heavy atom. The molecule has 6 nitrogen and oxygen atoms in total. The van der Waals surface area contributed by atoms with Gasteiger partial charge < -0.3 is 10.5 Å². The Labute approximate surface area is 97.6 Å². The third-order valence-electron chi connectivity index (χ3n) is 1.73. The molecule has 0 fully saturated rings. The molecule has 0 aliphatic carbocycles. The largest absolute Gasteiger partial charge is 0.468 e. The normalized spacial score (nSPS) is 10.9. The summed E-state index contributed by atoms with van der Waals surface area (Å²) in [5, 5.41) is 0. The van der Waals surface area contributed by atoms with Gasteiger partial charge in [-0.2, -0.15) is 0 Å². The predicted octanol–water partition coefficient (Wildman–Crippen LogP) is 0.323. The Hall–Kier alpha value is -1.83. The van der Waals surface area contributed by atoms with Crippen LogP contribution in [0.3, 0.4) is 0 Å². The number of benzene rings is 1. The lowest BCUT2D eigenvalue weighted by molar-refractivity contribution is -0.137. The monoisotopic (exact) mass is 262 g/mol. The lowest BCUT2D eigenvalue weighted by Crippen LogP contribution is -2.23. The summed E-state index contributed by atoms with van der Waals surface area (Å²) in [6, 6.07) is 3.22. The average molecular weight is 262 g/mol. The highest BCUT2D eigenvalue weighted by molar-refractivity contribution is 7.93. The van der Waals surface area contributed by atoms with Crippen LogP contribution in [0.5, 0.6) is 0 Å². The number of methoxy groups -OCH3 is 1. The van der Waals surface area contributed by atoms with Crippen molar-refractivity contribution in [1.29, 1.82) is 0 Å². The van der Waals surface area contributed by atoms with Crippen LogP contribution in [0.25, 0.3) is 0 Å². The van der Waals surface area contributed by atoms with E-state index in [-0.39, 0.29) is 11.4 Å². The number of hydrogen-bond donors (Lipinski definition) is 2. The van der Waals surface area contributed by atoms with E-state index in [9.17, 15) is 17.6 Å². The van der Waals surface area contributed by atoms with E-state index in [0.29, 0.717) is 0 Å². The van der Waals surface area contributed by atoms with Crippen LogP contribution in [0.15, 0.2) is 18.2 Å². The molecule has 0 radical (unpaired) electrons. The van der Waals surface area contributed by atoms with Gasteiger partial charge in [-0.25, -0.2) is 12.8 Å². The Balaban J connectivity index is 2.86. The van der Waals surface area contributed by atoms with Crippen molar-refractivity contribution in [3.05, 3.63) is 24.0 Å². The first-order chi connectivity index (χ1) is 7.82. The zero-order valence-corrected chi connectivity index (χ0v) is 9.75. The molecule has 17 heavy (non-hydrogen) atoms. The number of carbonyl (C=O) groups excluding carboxylic acids is 1. The first-order valence-corrected chi connectivity index (χ1v) is 6.11. The van der Waals surface area contributed by atoms with Crippen molar-refractivity contribution in [2.45, 2.75) is 0 Å². The molecule has 0 saturated heterocycles. The Morgan fingerprint density at radius 2 is 2.12 bits per heavy atom. The fourth-order valence-corrected chi connectivity index (χ4v) is 2.08. The SMILES string of the molecule is COC(=O)CS(=O)(=O)Nc1cc(N)cc(F)c1. The number of halogens is 1. The number of rotatable bonds is 4. The van der Waals surface area contributed by atoms with Crippen molar-refractivity contribution in [2.75, 3.05) is 23.3 Å². The molecule has 8 heteroatoms. The van der Waals surface area contributed by atoms with Crippen molar-refractivity contribution >= 4 is 27.4 Å². The molecule has 0 amide bonds. The van der Waals surface area contributed by atoms with E-state index in [2.05, 4.69) is 4.74 Å². The van der Waals surface area contributed by atoms with Gasteiger partial charge in [0.15, 0.2) is 5.75 Å². The van der Waals surface area contributed by atoms with Gasteiger partial charge in [0.2, 0.25) is 10.0 Å². The summed E-state index contributed by atoms with van der Waals surface area (Å²) in [6.07, 6.45) is 0. The van der Waals surface area contributed by atoms with Crippen LogP contribution in [0.4, 0.5) is 15.8 Å². The topological polar surface area (TPSA) is 98.5 Å². The van der Waals surface area contributed by atoms with Crippen LogP contribution in [-0.2, 0) is 19.6 Å². The van der Waals surface area contributed by atoms with E-state index < -0.39 is 27.6 Å². The molecular weight excluding hydrogens is 251 g/mol. The minimum Gasteiger partial charge on any atom is -0.468 e. The second kappa shape index (κ2) is 5.00. The third-order valence-corrected chi connectivity index (χ3v) is 2.89. The van der Waals surface area contributed by atoms with Gasteiger partial charge in [-0.3, -0.25) is 9.52 Å². The molecule has 0 unspecified atom stereocenters. The second-order valence-corrected chi connectivity index (χ2v) is 4.93. The van der Waals surface area contributed by atoms with Gasteiger partial charge in [0.25, 0.3) is 0 Å². The number of esters is 1. The van der Waals surface area contributed by atoms with Crippen LogP contribution >= 0.6 is 0 Å². The predicted molar refractivity (Wildman–Crippen MR) is 60.2 cm³/mol. The molecule has 0 heterocycles. The zero-order valence-electron chi connectivity index (χ0n) is 8.94. The molecule has 0 saturated carbocycles. The Bertz CT molecular complexity index is 510. The maximum atomic E-state index is 12.9. The number of hydrogen-bond acceptors (Lipinski definition) is 5. The van der Waals surface area contributed by atoms with Crippen LogP contribution in [-0.4, -0.2) is 27.2 Å². The third kappa shape index (κ3) is 4.27. The molecule has 94 valence electrons. The van der Waals surface area contributed by atoms with Crippen LogP contribution in [0, 0.1) is 5.82 Å². The molecule has 3 N–H and O–H groups in total. The van der Waals surface area contributed by atoms with Crippen molar-refractivity contribution in [3.63, 3.8) is 0 Å². The van der Waals surface area contributed by atoms with Gasteiger partial charge in [0, 0.05) is 5.69 Å². The average Bonchev–Trinajstić information content (AvgIpc) is 2.13. The molecule has 0 spiro atoms. The van der Waals surface area contributed by atoms with Gasteiger partial charge in [0.1, 0.15) is 5.82 Å². The highest BCUT2D eigenvalue weighted by Crippen LogP contribution is 2.16. The number of nitrogens with two attached hydrogens (primary N) is 1. The van der Waals surface area contributed by atoms with Crippen LogP contribution in [0.1, 0.15) is 0 Å². The molecule has 1 rings (SSSR count). The summed E-state index contributed by atoms with van der Waals surface area (Å²) in [6.45, 7) is 0. The fraction of sp³-hybridized carbons (Fsp3) is 0.222. The first-order valence-electron chi connectivity index (χ1n) is 4.46. The van der Waals surface area contributed by atoms with Gasteiger partial charge in [-0.05, 0) is 18.2 Å². The summed E-state index contributed by atoms with van der Waals surface area (Å²) in [4.78, 5) is 10.8. The second-order valence-electron chi connectivity index (χ2n) is 3.21. The summed E-state index contributed by atoms with van der Waals surface area (Å²) < 4.78 is 42.0. The quantitative estimate of drug-likeness (QED) is 0.601. The van der Waals surface area contributed by atoms with Gasteiger partial charge >= 0.3 is 5.97 Å². The number of anilines is 2. The first kappa shape index (κ1) is 13.2. The minimum atomic E-state index is -3.93. The summed E-state index contributed by atoms with van der Waals surface area (Å²) >= 11 is 0. The molecule has 0 aromatic heterocycles. The summed E-state index contributed by atoms with van der Waals surface area (Å²) in [5.74, 6) is -2.44. The van der Waals surface area contributed by atoms with Gasteiger partial charge in [-0.15, -0.1) is 0 Å². The molecule has 0 aliphatic rings. The summed E-state index contributed by atoms with van der Waals surface area (Å²) in [5.41, 5.74) is 5.36. The van der Waals surface area contributed by atoms with E-state index in [4.69, 9.17) is 5.73 Å². The zero-order chi connectivity index (χ0) is 13.1. The van der Waals surface area contributed by atoms with Crippen LogP contribution in [0.2, 0.25) is 0 Å². The van der Waals surface area contributed by atoms with Crippen molar-refractivity contribution < 1.29 is 22.3 Å². The highest BCUT2D eigenvalue weighted by atomic mass is 32.2. The van der Waals surface area contributed by atoms with Crippen LogP contribution < -0.4 is 10.5 Å². The number of sulfonamides is 1. The molecule has 1 aromatic carbocycles. The smallest absolute Gasteiger partial charge is 0.322 e. The van der Waals surface area contributed by atoms with Gasteiger partial charge in [-0.1, -0.05) is 0 Å². The molecule has 0 bridgehead atoms. The molecule has 0 atom stereocenters. The van der Waals surface area contributed by atoms with E-state index in [1.54, 1.807) is 0 Å². The minimum absolute atomic E-state index is 0.0496. The standard InChI is InChI=1S/C9H11FN2O4S/c1-16-9(13)5-17(14,15)12-8-3-6(10)2-7(11)4-8/h2-4,12H,5,11H2,1H3. The van der Waals surface area contributed by atoms with Crippen molar-refractivity contribution in [2.24, 2.45) is 0 Å². The molecule has 0 aliphatic heterocycles.